The first-order valence-electron chi connectivity index (χ1n) is 7.12. The molecule has 2 N–H and O–H groups in total. The smallest absolute Gasteiger partial charge is 0.136 e. The van der Waals surface area contributed by atoms with Gasteiger partial charge in [0.15, 0.2) is 0 Å². The van der Waals surface area contributed by atoms with Gasteiger partial charge in [-0.05, 0) is 63.2 Å². The lowest BCUT2D eigenvalue weighted by Gasteiger charge is -2.56. The van der Waals surface area contributed by atoms with Crippen molar-refractivity contribution < 1.29 is 0 Å². The van der Waals surface area contributed by atoms with Crippen LogP contribution in [0.5, 0.6) is 0 Å². The number of nitrogens with two attached hydrogens (primary N) is 1. The summed E-state index contributed by atoms with van der Waals surface area (Å²) < 4.78 is 2.15. The first-order chi connectivity index (χ1) is 8.57. The molecule has 4 fully saturated rings. The van der Waals surface area contributed by atoms with Gasteiger partial charge in [-0.1, -0.05) is 0 Å². The van der Waals surface area contributed by atoms with E-state index in [1.807, 2.05) is 6.92 Å². The molecule has 98 valence electrons. The zero-order valence-electron chi connectivity index (χ0n) is 10.9. The summed E-state index contributed by atoms with van der Waals surface area (Å²) in [6.45, 7) is 2.01. The molecule has 1 aromatic rings. The summed E-state index contributed by atoms with van der Waals surface area (Å²) in [6.07, 6.45) is 8.22. The van der Waals surface area contributed by atoms with E-state index in [0.717, 1.165) is 34.2 Å². The Balaban J connectivity index is 1.81. The lowest BCUT2D eigenvalue weighted by Crippen LogP contribution is -2.52. The highest BCUT2D eigenvalue weighted by Crippen LogP contribution is 2.59. The minimum Gasteiger partial charge on any atom is -0.383 e. The molecule has 4 aliphatic carbocycles. The van der Waals surface area contributed by atoms with Gasteiger partial charge in [-0.25, -0.2) is 4.68 Å². The molecule has 0 aromatic carbocycles. The van der Waals surface area contributed by atoms with E-state index >= 15 is 0 Å². The molecule has 4 heteroatoms. The van der Waals surface area contributed by atoms with Crippen LogP contribution in [0.15, 0.2) is 4.90 Å². The summed E-state index contributed by atoms with van der Waals surface area (Å²) in [4.78, 5) is 0.880. The molecule has 1 heterocycles. The van der Waals surface area contributed by atoms with Crippen LogP contribution in [0.4, 0.5) is 5.82 Å². The average Bonchev–Trinajstić information content (AvgIpc) is 2.56. The van der Waals surface area contributed by atoms with E-state index in [1.54, 1.807) is 0 Å². The largest absolute Gasteiger partial charge is 0.383 e. The topological polar surface area (TPSA) is 43.8 Å². The van der Waals surface area contributed by atoms with Gasteiger partial charge >= 0.3 is 0 Å². The van der Waals surface area contributed by atoms with Crippen molar-refractivity contribution in [1.82, 2.24) is 9.78 Å². The molecular weight excluding hydrogens is 242 g/mol. The normalized spacial score (nSPS) is 41.6. The maximum atomic E-state index is 6.25. The van der Waals surface area contributed by atoms with Crippen LogP contribution < -0.4 is 5.73 Å². The Bertz CT molecular complexity index is 470. The summed E-state index contributed by atoms with van der Waals surface area (Å²) >= 11 is 4.49. The minimum absolute atomic E-state index is 0.227. The monoisotopic (exact) mass is 263 g/mol. The van der Waals surface area contributed by atoms with Gasteiger partial charge in [-0.2, -0.15) is 5.10 Å². The Hall–Kier alpha value is -0.640. The van der Waals surface area contributed by atoms with E-state index in [-0.39, 0.29) is 5.54 Å². The van der Waals surface area contributed by atoms with Gasteiger partial charge < -0.3 is 5.73 Å². The number of nitrogens with zero attached hydrogens (tertiary/aromatic N) is 2. The van der Waals surface area contributed by atoms with Crippen LogP contribution >= 0.6 is 12.6 Å². The predicted octanol–water partition coefficient (Wildman–Crippen LogP) is 2.99. The Morgan fingerprint density at radius 2 is 1.67 bits per heavy atom. The lowest BCUT2D eigenvalue weighted by atomic mass is 9.53. The minimum atomic E-state index is 0.227. The molecule has 4 aliphatic rings. The van der Waals surface area contributed by atoms with E-state index in [0.29, 0.717) is 0 Å². The second-order valence-electron chi connectivity index (χ2n) is 6.87. The summed E-state index contributed by atoms with van der Waals surface area (Å²) in [6, 6.07) is 0. The van der Waals surface area contributed by atoms with Gasteiger partial charge in [0.05, 0.1) is 16.1 Å². The molecule has 0 spiro atoms. The number of thiol groups is 1. The fraction of sp³-hybridized carbons (Fsp3) is 0.786. The molecule has 0 saturated heterocycles. The molecular formula is C14H21N3S. The molecule has 0 radical (unpaired) electrons. The molecule has 5 rings (SSSR count). The number of aromatic nitrogens is 2. The van der Waals surface area contributed by atoms with Crippen LogP contribution in [0.3, 0.4) is 0 Å². The van der Waals surface area contributed by atoms with Crippen LogP contribution in [0.1, 0.15) is 44.2 Å². The van der Waals surface area contributed by atoms with Gasteiger partial charge in [0.2, 0.25) is 0 Å². The highest BCUT2D eigenvalue weighted by molar-refractivity contribution is 7.80. The third-order valence-corrected chi connectivity index (χ3v) is 6.07. The SMILES string of the molecule is Cc1nn(C23CC4CC(CC(C4)C2)C3)c(N)c1S. The van der Waals surface area contributed by atoms with Crippen molar-refractivity contribution >= 4 is 18.4 Å². The Labute approximate surface area is 114 Å². The van der Waals surface area contributed by atoms with Crippen molar-refractivity contribution in [3.8, 4) is 0 Å². The fourth-order valence-electron chi connectivity index (χ4n) is 5.22. The predicted molar refractivity (Wildman–Crippen MR) is 74.8 cm³/mol. The first-order valence-corrected chi connectivity index (χ1v) is 7.57. The van der Waals surface area contributed by atoms with Gasteiger partial charge in [-0.3, -0.25) is 0 Å². The van der Waals surface area contributed by atoms with E-state index in [4.69, 9.17) is 10.8 Å². The van der Waals surface area contributed by atoms with E-state index in [1.165, 1.54) is 38.5 Å². The maximum absolute atomic E-state index is 6.25. The number of hydrogen-bond acceptors (Lipinski definition) is 3. The number of anilines is 1. The molecule has 4 saturated carbocycles. The molecule has 4 bridgehead atoms. The highest BCUT2D eigenvalue weighted by Gasteiger charge is 2.53. The van der Waals surface area contributed by atoms with Gasteiger partial charge in [-0.15, -0.1) is 12.6 Å². The third kappa shape index (κ3) is 1.35. The molecule has 0 amide bonds. The molecule has 3 nitrogen and oxygen atoms in total. The standard InChI is InChI=1S/C14H21N3S/c1-8-12(18)13(15)17(16-8)14-5-9-2-10(6-14)4-11(3-9)7-14/h9-11,18H,2-7,15H2,1H3. The number of hydrogen-bond donors (Lipinski definition) is 2. The summed E-state index contributed by atoms with van der Waals surface area (Å²) in [7, 11) is 0. The Kier molecular flexibility index (Phi) is 2.16. The summed E-state index contributed by atoms with van der Waals surface area (Å²) in [5, 5.41) is 4.72. The van der Waals surface area contributed by atoms with Crippen molar-refractivity contribution in [2.45, 2.75) is 55.9 Å². The second-order valence-corrected chi connectivity index (χ2v) is 7.32. The van der Waals surface area contributed by atoms with Crippen molar-refractivity contribution in [2.24, 2.45) is 17.8 Å². The molecule has 0 atom stereocenters. The van der Waals surface area contributed by atoms with Gasteiger partial charge in [0.1, 0.15) is 5.82 Å². The van der Waals surface area contributed by atoms with Crippen molar-refractivity contribution in [3.05, 3.63) is 5.69 Å². The molecule has 1 aromatic heterocycles. The molecule has 18 heavy (non-hydrogen) atoms. The zero-order valence-corrected chi connectivity index (χ0v) is 11.8. The average molecular weight is 263 g/mol. The lowest BCUT2D eigenvalue weighted by molar-refractivity contribution is -0.0483. The van der Waals surface area contributed by atoms with Crippen LogP contribution in [0, 0.1) is 24.7 Å². The third-order valence-electron chi connectivity index (χ3n) is 5.52. The van der Waals surface area contributed by atoms with E-state index in [2.05, 4.69) is 17.3 Å². The van der Waals surface area contributed by atoms with Gasteiger partial charge in [0.25, 0.3) is 0 Å². The van der Waals surface area contributed by atoms with E-state index in [9.17, 15) is 0 Å². The quantitative estimate of drug-likeness (QED) is 0.765. The van der Waals surface area contributed by atoms with Crippen molar-refractivity contribution in [1.29, 1.82) is 0 Å². The second kappa shape index (κ2) is 3.47. The fourth-order valence-corrected chi connectivity index (χ4v) is 5.36. The Morgan fingerprint density at radius 1 is 1.17 bits per heavy atom. The molecule has 0 aliphatic heterocycles. The highest BCUT2D eigenvalue weighted by atomic mass is 32.1. The maximum Gasteiger partial charge on any atom is 0.136 e. The first kappa shape index (κ1) is 11.2. The number of nitrogen functional groups attached to an aromatic ring is 1. The number of rotatable bonds is 1. The summed E-state index contributed by atoms with van der Waals surface area (Å²) in [5.41, 5.74) is 7.45. The molecule has 0 unspecified atom stereocenters. The number of aryl methyl sites for hydroxylation is 1. The van der Waals surface area contributed by atoms with Crippen LogP contribution in [0.2, 0.25) is 0 Å². The summed E-state index contributed by atoms with van der Waals surface area (Å²) in [5.74, 6) is 3.55. The Morgan fingerprint density at radius 3 is 2.06 bits per heavy atom. The van der Waals surface area contributed by atoms with Crippen molar-refractivity contribution in [2.75, 3.05) is 5.73 Å². The van der Waals surface area contributed by atoms with Crippen LogP contribution in [-0.4, -0.2) is 9.78 Å². The zero-order chi connectivity index (χ0) is 12.5. The van der Waals surface area contributed by atoms with Crippen LogP contribution in [0.25, 0.3) is 0 Å². The van der Waals surface area contributed by atoms with Crippen molar-refractivity contribution in [3.63, 3.8) is 0 Å². The van der Waals surface area contributed by atoms with E-state index < -0.39 is 0 Å². The van der Waals surface area contributed by atoms with Gasteiger partial charge in [0, 0.05) is 0 Å². The van der Waals surface area contributed by atoms with Crippen LogP contribution in [-0.2, 0) is 5.54 Å².